The van der Waals surface area contributed by atoms with Crippen molar-refractivity contribution >= 4 is 29.2 Å². The molecule has 0 heterocycles. The second-order valence-corrected chi connectivity index (χ2v) is 5.27. The highest BCUT2D eigenvalue weighted by atomic mass is 35.5. The summed E-state index contributed by atoms with van der Waals surface area (Å²) in [7, 11) is 1.49. The largest absolute Gasteiger partial charge is 0.495 e. The van der Waals surface area contributed by atoms with Gasteiger partial charge in [0.2, 0.25) is 0 Å². The van der Waals surface area contributed by atoms with E-state index in [9.17, 15) is 14.0 Å². The number of benzene rings is 2. The minimum absolute atomic E-state index is 0.0398. The quantitative estimate of drug-likeness (QED) is 0.812. The van der Waals surface area contributed by atoms with Crippen LogP contribution in [0.3, 0.4) is 0 Å². The van der Waals surface area contributed by atoms with Crippen LogP contribution in [-0.2, 0) is 20.7 Å². The van der Waals surface area contributed by atoms with E-state index in [0.29, 0.717) is 22.0 Å². The summed E-state index contributed by atoms with van der Waals surface area (Å²) >= 11 is 5.95. The number of rotatable bonds is 6. The van der Waals surface area contributed by atoms with Gasteiger partial charge in [-0.25, -0.2) is 4.39 Å². The summed E-state index contributed by atoms with van der Waals surface area (Å²) in [5.74, 6) is -0.974. The fraction of sp³-hybridized carbons (Fsp3) is 0.176. The number of carbonyl (C=O) groups excluding carboxylic acids is 2. The van der Waals surface area contributed by atoms with Gasteiger partial charge in [0.05, 0.1) is 18.6 Å². The molecule has 2 aromatic rings. The van der Waals surface area contributed by atoms with Crippen molar-refractivity contribution in [2.75, 3.05) is 19.0 Å². The van der Waals surface area contributed by atoms with Crippen molar-refractivity contribution in [2.24, 2.45) is 0 Å². The van der Waals surface area contributed by atoms with Gasteiger partial charge in [0.25, 0.3) is 5.91 Å². The third kappa shape index (κ3) is 5.24. The molecule has 5 nitrogen and oxygen atoms in total. The third-order valence-corrected chi connectivity index (χ3v) is 3.36. The first kappa shape index (κ1) is 17.7. The van der Waals surface area contributed by atoms with E-state index in [2.05, 4.69) is 5.32 Å². The molecule has 0 aliphatic rings. The Morgan fingerprint density at radius 1 is 1.17 bits per heavy atom. The van der Waals surface area contributed by atoms with Gasteiger partial charge in [0.15, 0.2) is 6.61 Å². The summed E-state index contributed by atoms with van der Waals surface area (Å²) < 4.78 is 22.7. The van der Waals surface area contributed by atoms with Crippen molar-refractivity contribution in [3.8, 4) is 5.75 Å². The van der Waals surface area contributed by atoms with Crippen LogP contribution in [0.15, 0.2) is 42.5 Å². The lowest BCUT2D eigenvalue weighted by Crippen LogP contribution is -2.21. The van der Waals surface area contributed by atoms with Crippen LogP contribution in [0.4, 0.5) is 10.1 Å². The van der Waals surface area contributed by atoms with E-state index in [1.165, 1.54) is 37.4 Å². The fourth-order valence-corrected chi connectivity index (χ4v) is 2.16. The van der Waals surface area contributed by atoms with Crippen molar-refractivity contribution in [3.05, 3.63) is 58.9 Å². The SMILES string of the molecule is COc1ccc(NC(=O)COC(=O)Cc2ccc(F)cc2)cc1Cl. The van der Waals surface area contributed by atoms with Crippen LogP contribution in [0.25, 0.3) is 0 Å². The van der Waals surface area contributed by atoms with E-state index in [1.54, 1.807) is 12.1 Å². The van der Waals surface area contributed by atoms with Gasteiger partial charge in [0, 0.05) is 5.69 Å². The molecule has 1 N–H and O–H groups in total. The van der Waals surface area contributed by atoms with Crippen molar-refractivity contribution in [1.82, 2.24) is 0 Å². The second kappa shape index (κ2) is 8.31. The van der Waals surface area contributed by atoms with Crippen LogP contribution in [0, 0.1) is 5.82 Å². The number of hydrogen-bond acceptors (Lipinski definition) is 4. The molecule has 0 saturated heterocycles. The molecule has 0 fully saturated rings. The minimum atomic E-state index is -0.579. The third-order valence-electron chi connectivity index (χ3n) is 3.06. The zero-order valence-electron chi connectivity index (χ0n) is 12.8. The molecule has 7 heteroatoms. The number of hydrogen-bond donors (Lipinski definition) is 1. The molecule has 1 amide bonds. The van der Waals surface area contributed by atoms with Crippen molar-refractivity contribution in [1.29, 1.82) is 0 Å². The van der Waals surface area contributed by atoms with Crippen LogP contribution in [0.1, 0.15) is 5.56 Å². The van der Waals surface area contributed by atoms with Gasteiger partial charge in [-0.15, -0.1) is 0 Å². The summed E-state index contributed by atoms with van der Waals surface area (Å²) in [6.07, 6.45) is -0.0398. The van der Waals surface area contributed by atoms with E-state index in [1.807, 2.05) is 0 Å². The lowest BCUT2D eigenvalue weighted by atomic mass is 10.1. The van der Waals surface area contributed by atoms with E-state index >= 15 is 0 Å². The summed E-state index contributed by atoms with van der Waals surface area (Å²) in [6.45, 7) is -0.427. The maximum Gasteiger partial charge on any atom is 0.310 e. The molecule has 0 saturated carbocycles. The molecule has 24 heavy (non-hydrogen) atoms. The number of methoxy groups -OCH3 is 1. The minimum Gasteiger partial charge on any atom is -0.495 e. The van der Waals surface area contributed by atoms with Gasteiger partial charge < -0.3 is 14.8 Å². The number of halogens is 2. The predicted octanol–water partition coefficient (Wildman–Crippen LogP) is 3.21. The molecule has 0 aliphatic heterocycles. The first-order valence-corrected chi connectivity index (χ1v) is 7.39. The average Bonchev–Trinajstić information content (AvgIpc) is 2.55. The summed E-state index contributed by atoms with van der Waals surface area (Å²) in [5.41, 5.74) is 1.06. The topological polar surface area (TPSA) is 64.6 Å². The zero-order chi connectivity index (χ0) is 17.5. The summed E-state index contributed by atoms with van der Waals surface area (Å²) in [6, 6.07) is 10.2. The highest BCUT2D eigenvalue weighted by Crippen LogP contribution is 2.27. The molecule has 2 aromatic carbocycles. The molecule has 0 aromatic heterocycles. The number of ether oxygens (including phenoxy) is 2. The standard InChI is InChI=1S/C17H15ClFNO4/c1-23-15-7-6-13(9-14(15)18)20-16(21)10-24-17(22)8-11-2-4-12(19)5-3-11/h2-7,9H,8,10H2,1H3,(H,20,21). The Balaban J connectivity index is 1.81. The van der Waals surface area contributed by atoms with Crippen LogP contribution in [-0.4, -0.2) is 25.6 Å². The van der Waals surface area contributed by atoms with Gasteiger partial charge in [-0.2, -0.15) is 0 Å². The van der Waals surface area contributed by atoms with E-state index in [-0.39, 0.29) is 12.2 Å². The first-order valence-electron chi connectivity index (χ1n) is 7.01. The normalized spacial score (nSPS) is 10.1. The van der Waals surface area contributed by atoms with Gasteiger partial charge in [-0.1, -0.05) is 23.7 Å². The highest BCUT2D eigenvalue weighted by molar-refractivity contribution is 6.32. The Morgan fingerprint density at radius 3 is 2.50 bits per heavy atom. The number of carbonyl (C=O) groups is 2. The Morgan fingerprint density at radius 2 is 1.88 bits per heavy atom. The molecule has 0 unspecified atom stereocenters. The van der Waals surface area contributed by atoms with Crippen LogP contribution in [0.2, 0.25) is 5.02 Å². The van der Waals surface area contributed by atoms with Crippen molar-refractivity contribution in [3.63, 3.8) is 0 Å². The monoisotopic (exact) mass is 351 g/mol. The smallest absolute Gasteiger partial charge is 0.310 e. The molecule has 126 valence electrons. The lowest BCUT2D eigenvalue weighted by Gasteiger charge is -2.08. The van der Waals surface area contributed by atoms with E-state index < -0.39 is 18.5 Å². The van der Waals surface area contributed by atoms with Crippen LogP contribution >= 0.6 is 11.6 Å². The van der Waals surface area contributed by atoms with Gasteiger partial charge in [0.1, 0.15) is 11.6 Å². The Kier molecular flexibility index (Phi) is 6.14. The molecule has 0 spiro atoms. The Bertz CT molecular complexity index is 734. The van der Waals surface area contributed by atoms with Gasteiger partial charge >= 0.3 is 5.97 Å². The molecule has 0 atom stereocenters. The van der Waals surface area contributed by atoms with Gasteiger partial charge in [-0.3, -0.25) is 9.59 Å². The second-order valence-electron chi connectivity index (χ2n) is 4.86. The molecular weight excluding hydrogens is 337 g/mol. The number of esters is 1. The molecule has 2 rings (SSSR count). The number of amides is 1. The van der Waals surface area contributed by atoms with Gasteiger partial charge in [-0.05, 0) is 35.9 Å². The lowest BCUT2D eigenvalue weighted by molar-refractivity contribution is -0.146. The predicted molar refractivity (Wildman–Crippen MR) is 87.7 cm³/mol. The first-order chi connectivity index (χ1) is 11.5. The summed E-state index contributed by atoms with van der Waals surface area (Å²) in [4.78, 5) is 23.4. The Labute approximate surface area is 143 Å². The molecule has 0 aliphatic carbocycles. The fourth-order valence-electron chi connectivity index (χ4n) is 1.91. The average molecular weight is 352 g/mol. The highest BCUT2D eigenvalue weighted by Gasteiger charge is 2.10. The maximum absolute atomic E-state index is 12.8. The molecule has 0 radical (unpaired) electrons. The summed E-state index contributed by atoms with van der Waals surface area (Å²) in [5, 5.41) is 2.91. The number of nitrogens with one attached hydrogen (secondary N) is 1. The van der Waals surface area contributed by atoms with E-state index in [0.717, 1.165) is 0 Å². The zero-order valence-corrected chi connectivity index (χ0v) is 13.6. The Hall–Kier alpha value is -2.60. The van der Waals surface area contributed by atoms with Crippen LogP contribution in [0.5, 0.6) is 5.75 Å². The van der Waals surface area contributed by atoms with Crippen LogP contribution < -0.4 is 10.1 Å². The van der Waals surface area contributed by atoms with Crippen molar-refractivity contribution in [2.45, 2.75) is 6.42 Å². The van der Waals surface area contributed by atoms with E-state index in [4.69, 9.17) is 21.1 Å². The van der Waals surface area contributed by atoms with Crippen molar-refractivity contribution < 1.29 is 23.5 Å². The molecule has 0 bridgehead atoms. The molecular formula is C17H15ClFNO4. The number of anilines is 1. The maximum atomic E-state index is 12.8.